The summed E-state index contributed by atoms with van der Waals surface area (Å²) >= 11 is 0. The average Bonchev–Trinajstić information content (AvgIpc) is 3.02. The van der Waals surface area contributed by atoms with Gasteiger partial charge in [0.25, 0.3) is 5.91 Å². The van der Waals surface area contributed by atoms with Crippen molar-refractivity contribution in [3.63, 3.8) is 0 Å². The molecular formula is C19H22FN3O3. The van der Waals surface area contributed by atoms with Gasteiger partial charge in [0.15, 0.2) is 11.8 Å². The summed E-state index contributed by atoms with van der Waals surface area (Å²) in [5.74, 6) is -1.28. The van der Waals surface area contributed by atoms with E-state index in [-0.39, 0.29) is 17.4 Å². The van der Waals surface area contributed by atoms with Gasteiger partial charge < -0.3 is 10.1 Å². The van der Waals surface area contributed by atoms with E-state index in [1.165, 1.54) is 19.1 Å². The number of esters is 1. The zero-order valence-corrected chi connectivity index (χ0v) is 14.9. The predicted octanol–water partition coefficient (Wildman–Crippen LogP) is 2.57. The molecule has 138 valence electrons. The number of hydrogen-bond donors (Lipinski definition) is 1. The van der Waals surface area contributed by atoms with Gasteiger partial charge in [-0.1, -0.05) is 0 Å². The van der Waals surface area contributed by atoms with Gasteiger partial charge >= 0.3 is 5.97 Å². The number of hydrogen-bond acceptors (Lipinski definition) is 4. The van der Waals surface area contributed by atoms with E-state index in [2.05, 4.69) is 10.4 Å². The van der Waals surface area contributed by atoms with Gasteiger partial charge in [-0.05, 0) is 63.8 Å². The van der Waals surface area contributed by atoms with E-state index in [0.29, 0.717) is 12.2 Å². The molecule has 1 aliphatic carbocycles. The molecule has 26 heavy (non-hydrogen) atoms. The van der Waals surface area contributed by atoms with Crippen LogP contribution in [-0.2, 0) is 22.4 Å². The largest absolute Gasteiger partial charge is 0.448 e. The van der Waals surface area contributed by atoms with Crippen LogP contribution in [-0.4, -0.2) is 34.3 Å². The first kappa shape index (κ1) is 18.1. The summed E-state index contributed by atoms with van der Waals surface area (Å²) in [7, 11) is 0. The van der Waals surface area contributed by atoms with Crippen LogP contribution in [0.5, 0.6) is 0 Å². The van der Waals surface area contributed by atoms with Gasteiger partial charge in [0.1, 0.15) is 5.82 Å². The lowest BCUT2D eigenvalue weighted by atomic mass is 9.95. The molecule has 1 aromatic carbocycles. The van der Waals surface area contributed by atoms with Crippen molar-refractivity contribution in [2.45, 2.75) is 45.6 Å². The molecule has 6 nitrogen and oxygen atoms in total. The highest BCUT2D eigenvalue weighted by atomic mass is 19.1. The van der Waals surface area contributed by atoms with Crippen LogP contribution in [0.3, 0.4) is 0 Å². The number of carbonyl (C=O) groups excluding carboxylic acids is 2. The van der Waals surface area contributed by atoms with Crippen molar-refractivity contribution in [3.8, 4) is 5.69 Å². The highest BCUT2D eigenvalue weighted by Crippen LogP contribution is 2.27. The summed E-state index contributed by atoms with van der Waals surface area (Å²) in [5.41, 5.74) is 2.73. The molecule has 0 saturated carbocycles. The Morgan fingerprint density at radius 3 is 2.65 bits per heavy atom. The Balaban J connectivity index is 1.91. The van der Waals surface area contributed by atoms with Crippen LogP contribution in [0.4, 0.5) is 4.39 Å². The highest BCUT2D eigenvalue weighted by Gasteiger charge is 2.28. The molecule has 0 aliphatic heterocycles. The molecule has 2 aromatic rings. The average molecular weight is 359 g/mol. The quantitative estimate of drug-likeness (QED) is 0.833. The second-order valence-corrected chi connectivity index (χ2v) is 6.31. The molecule has 1 aliphatic rings. The minimum Gasteiger partial charge on any atom is -0.448 e. The fraction of sp³-hybridized carbons (Fsp3) is 0.421. The molecule has 1 heterocycles. The van der Waals surface area contributed by atoms with Crippen molar-refractivity contribution in [3.05, 3.63) is 47.0 Å². The number of amides is 1. The molecule has 0 radical (unpaired) electrons. The maximum atomic E-state index is 13.2. The maximum absolute atomic E-state index is 13.2. The second-order valence-electron chi connectivity index (χ2n) is 6.31. The van der Waals surface area contributed by atoms with Crippen molar-refractivity contribution >= 4 is 11.9 Å². The lowest BCUT2D eigenvalue weighted by molar-refractivity contribution is -0.128. The molecule has 0 bridgehead atoms. The molecular weight excluding hydrogens is 337 g/mol. The zero-order valence-electron chi connectivity index (χ0n) is 14.9. The summed E-state index contributed by atoms with van der Waals surface area (Å²) in [6.45, 7) is 3.80. The number of ether oxygens (including phenoxy) is 1. The van der Waals surface area contributed by atoms with E-state index in [4.69, 9.17) is 4.74 Å². The summed E-state index contributed by atoms with van der Waals surface area (Å²) < 4.78 is 20.2. The van der Waals surface area contributed by atoms with E-state index in [9.17, 15) is 14.0 Å². The van der Waals surface area contributed by atoms with E-state index in [1.54, 1.807) is 23.7 Å². The Hall–Kier alpha value is -2.70. The second kappa shape index (κ2) is 7.68. The summed E-state index contributed by atoms with van der Waals surface area (Å²) in [6, 6.07) is 5.98. The predicted molar refractivity (Wildman–Crippen MR) is 93.7 cm³/mol. The Labute approximate surface area is 151 Å². The Bertz CT molecular complexity index is 814. The lowest BCUT2D eigenvalue weighted by Crippen LogP contribution is -2.35. The zero-order chi connectivity index (χ0) is 18.7. The third-order valence-corrected chi connectivity index (χ3v) is 4.45. The lowest BCUT2D eigenvalue weighted by Gasteiger charge is -2.15. The van der Waals surface area contributed by atoms with Gasteiger partial charge in [-0.2, -0.15) is 5.10 Å². The summed E-state index contributed by atoms with van der Waals surface area (Å²) in [6.07, 6.45) is 2.60. The maximum Gasteiger partial charge on any atom is 0.359 e. The van der Waals surface area contributed by atoms with Crippen LogP contribution < -0.4 is 5.32 Å². The first-order chi connectivity index (χ1) is 12.5. The van der Waals surface area contributed by atoms with Crippen LogP contribution in [0.2, 0.25) is 0 Å². The standard InChI is InChI=1S/C19H22FN3O3/c1-3-21-18(24)12(2)26-19(25)17-15-6-4-5-7-16(15)23(22-17)14-10-8-13(20)9-11-14/h8-12H,3-7H2,1-2H3,(H,21,24). The van der Waals surface area contributed by atoms with E-state index >= 15 is 0 Å². The molecule has 1 unspecified atom stereocenters. The fourth-order valence-electron chi connectivity index (χ4n) is 3.15. The first-order valence-corrected chi connectivity index (χ1v) is 8.86. The van der Waals surface area contributed by atoms with E-state index in [0.717, 1.165) is 36.9 Å². The molecule has 1 aromatic heterocycles. The number of halogens is 1. The Morgan fingerprint density at radius 1 is 1.27 bits per heavy atom. The SMILES string of the molecule is CCNC(=O)C(C)OC(=O)c1nn(-c2ccc(F)cc2)c2c1CCCC2. The van der Waals surface area contributed by atoms with Crippen molar-refractivity contribution < 1.29 is 18.7 Å². The van der Waals surface area contributed by atoms with Crippen molar-refractivity contribution in [2.75, 3.05) is 6.54 Å². The molecule has 1 atom stereocenters. The van der Waals surface area contributed by atoms with Crippen molar-refractivity contribution in [2.24, 2.45) is 0 Å². The highest BCUT2D eigenvalue weighted by molar-refractivity contribution is 5.92. The normalized spacial score (nSPS) is 14.4. The summed E-state index contributed by atoms with van der Waals surface area (Å²) in [5, 5.41) is 7.06. The van der Waals surface area contributed by atoms with Crippen molar-refractivity contribution in [1.29, 1.82) is 0 Å². The van der Waals surface area contributed by atoms with Gasteiger partial charge in [0.2, 0.25) is 0 Å². The monoisotopic (exact) mass is 359 g/mol. The smallest absolute Gasteiger partial charge is 0.359 e. The number of rotatable bonds is 5. The molecule has 1 amide bonds. The molecule has 7 heteroatoms. The molecule has 0 spiro atoms. The number of carbonyl (C=O) groups is 2. The van der Waals surface area contributed by atoms with Gasteiger partial charge in [0, 0.05) is 17.8 Å². The molecule has 0 saturated heterocycles. The van der Waals surface area contributed by atoms with Gasteiger partial charge in [-0.25, -0.2) is 13.9 Å². The number of fused-ring (bicyclic) bond motifs is 1. The van der Waals surface area contributed by atoms with E-state index in [1.807, 2.05) is 0 Å². The number of benzene rings is 1. The molecule has 0 fully saturated rings. The number of likely N-dealkylation sites (N-methyl/N-ethyl adjacent to an activating group) is 1. The third-order valence-electron chi connectivity index (χ3n) is 4.45. The molecule has 1 N–H and O–H groups in total. The van der Waals surface area contributed by atoms with Gasteiger partial charge in [-0.3, -0.25) is 4.79 Å². The Morgan fingerprint density at radius 2 is 1.96 bits per heavy atom. The van der Waals surface area contributed by atoms with Crippen LogP contribution >= 0.6 is 0 Å². The minimum absolute atomic E-state index is 0.236. The fourth-order valence-corrected chi connectivity index (χ4v) is 3.15. The number of nitrogens with one attached hydrogen (secondary N) is 1. The molecule has 3 rings (SSSR count). The van der Waals surface area contributed by atoms with Crippen LogP contribution in [0.25, 0.3) is 5.69 Å². The topological polar surface area (TPSA) is 73.2 Å². The number of aromatic nitrogens is 2. The van der Waals surface area contributed by atoms with Crippen molar-refractivity contribution in [1.82, 2.24) is 15.1 Å². The summed E-state index contributed by atoms with van der Waals surface area (Å²) in [4.78, 5) is 24.4. The van der Waals surface area contributed by atoms with Crippen LogP contribution in [0.1, 0.15) is 48.4 Å². The van der Waals surface area contributed by atoms with Gasteiger partial charge in [0.05, 0.1) is 5.69 Å². The van der Waals surface area contributed by atoms with Gasteiger partial charge in [-0.15, -0.1) is 0 Å². The minimum atomic E-state index is -0.891. The van der Waals surface area contributed by atoms with Crippen LogP contribution in [0.15, 0.2) is 24.3 Å². The van der Waals surface area contributed by atoms with Crippen LogP contribution in [0, 0.1) is 5.82 Å². The first-order valence-electron chi connectivity index (χ1n) is 8.86. The van der Waals surface area contributed by atoms with E-state index < -0.39 is 12.1 Å². The Kier molecular flexibility index (Phi) is 5.35. The number of nitrogens with zero attached hydrogens (tertiary/aromatic N) is 2. The third kappa shape index (κ3) is 3.61.